The van der Waals surface area contributed by atoms with Gasteiger partial charge in [-0.05, 0) is 29.8 Å². The molecular formula is C24H25F3N4O5. The van der Waals surface area contributed by atoms with E-state index in [0.717, 1.165) is 10.9 Å². The topological polar surface area (TPSA) is 95.9 Å². The number of hydrogen-bond acceptors (Lipinski definition) is 7. The van der Waals surface area contributed by atoms with Gasteiger partial charge in [-0.3, -0.25) is 4.79 Å². The van der Waals surface area contributed by atoms with Gasteiger partial charge in [0.2, 0.25) is 0 Å². The minimum atomic E-state index is -4.59. The maximum absolute atomic E-state index is 14.0. The molecule has 0 saturated heterocycles. The fourth-order valence-electron chi connectivity index (χ4n) is 4.13. The Kier molecular flexibility index (Phi) is 6.86. The van der Waals surface area contributed by atoms with Crippen LogP contribution in [0, 0.1) is 0 Å². The molecule has 0 fully saturated rings. The molecule has 12 heteroatoms. The molecule has 2 N–H and O–H groups in total. The van der Waals surface area contributed by atoms with E-state index in [0.29, 0.717) is 34.2 Å². The molecule has 3 aromatic rings. The molecule has 9 nitrogen and oxygen atoms in total. The molecule has 1 aliphatic heterocycles. The molecule has 2 heterocycles. The van der Waals surface area contributed by atoms with Gasteiger partial charge in [0.05, 0.1) is 40.7 Å². The maximum Gasteiger partial charge on any atom is 0.410 e. The number of rotatable bonds is 7. The van der Waals surface area contributed by atoms with Gasteiger partial charge in [-0.25, -0.2) is 4.68 Å². The summed E-state index contributed by atoms with van der Waals surface area (Å²) in [6, 6.07) is 6.92. The molecule has 0 spiro atoms. The van der Waals surface area contributed by atoms with Crippen LogP contribution in [0.15, 0.2) is 42.6 Å². The number of benzene rings is 2. The van der Waals surface area contributed by atoms with E-state index < -0.39 is 24.2 Å². The number of amides is 1. The summed E-state index contributed by atoms with van der Waals surface area (Å²) in [5.41, 5.74) is 0.877. The Bertz CT molecular complexity index is 1260. The van der Waals surface area contributed by atoms with E-state index in [2.05, 4.69) is 15.7 Å². The van der Waals surface area contributed by atoms with E-state index in [1.807, 2.05) is 0 Å². The first-order valence-electron chi connectivity index (χ1n) is 10.9. The van der Waals surface area contributed by atoms with E-state index in [-0.39, 0.29) is 17.8 Å². The van der Waals surface area contributed by atoms with Gasteiger partial charge in [-0.1, -0.05) is 6.07 Å². The molecule has 4 rings (SSSR count). The molecule has 2 atom stereocenters. The van der Waals surface area contributed by atoms with Crippen molar-refractivity contribution in [3.05, 3.63) is 53.7 Å². The smallest absolute Gasteiger partial charge is 0.410 e. The van der Waals surface area contributed by atoms with Crippen LogP contribution < -0.4 is 29.6 Å². The molecule has 0 aliphatic carbocycles. The Hall–Kier alpha value is -4.09. The van der Waals surface area contributed by atoms with Gasteiger partial charge in [0.1, 0.15) is 11.4 Å². The fourth-order valence-corrected chi connectivity index (χ4v) is 4.13. The first-order chi connectivity index (χ1) is 17.2. The Balaban J connectivity index is 1.68. The minimum Gasteiger partial charge on any atom is -0.493 e. The van der Waals surface area contributed by atoms with E-state index in [1.54, 1.807) is 36.4 Å². The number of anilines is 2. The van der Waals surface area contributed by atoms with Crippen LogP contribution in [0.5, 0.6) is 23.0 Å². The number of nitrogens with one attached hydrogen (secondary N) is 2. The summed E-state index contributed by atoms with van der Waals surface area (Å²) < 4.78 is 63.8. The van der Waals surface area contributed by atoms with Crippen molar-refractivity contribution in [2.45, 2.75) is 24.7 Å². The zero-order valence-electron chi connectivity index (χ0n) is 20.0. The second-order valence-corrected chi connectivity index (χ2v) is 7.98. The van der Waals surface area contributed by atoms with Crippen LogP contribution in [-0.2, 0) is 0 Å². The molecule has 0 bridgehead atoms. The highest BCUT2D eigenvalue weighted by atomic mass is 19.4. The van der Waals surface area contributed by atoms with Crippen molar-refractivity contribution in [2.24, 2.45) is 0 Å². The van der Waals surface area contributed by atoms with Gasteiger partial charge in [-0.15, -0.1) is 0 Å². The SMILES string of the molecule is COc1ccc(NC(=O)c2cnn3c2N[C@H](c2ccc(OC)c(OC)c2)C[C@@H]3C(F)(F)F)cc1OC. The third-order valence-corrected chi connectivity index (χ3v) is 5.93. The van der Waals surface area contributed by atoms with Gasteiger partial charge in [-0.2, -0.15) is 18.3 Å². The van der Waals surface area contributed by atoms with Crippen molar-refractivity contribution in [1.29, 1.82) is 0 Å². The van der Waals surface area contributed by atoms with E-state index >= 15 is 0 Å². The van der Waals surface area contributed by atoms with Crippen LogP contribution in [0.1, 0.15) is 34.4 Å². The standard InChI is InChI=1S/C24H25F3N4O5/c1-33-17-7-5-13(9-19(17)35-3)16-11-21(24(25,26)27)31-22(30-16)15(12-28-31)23(32)29-14-6-8-18(34-2)20(10-14)36-4/h5-10,12,16,21,30H,11H2,1-4H3,(H,29,32)/t16-,21+/m0/s1. The van der Waals surface area contributed by atoms with Crippen LogP contribution in [0.25, 0.3) is 0 Å². The Labute approximate surface area is 205 Å². The number of aromatic nitrogens is 2. The highest BCUT2D eigenvalue weighted by molar-refractivity contribution is 6.07. The Morgan fingerprint density at radius 3 is 2.19 bits per heavy atom. The molecule has 1 aliphatic rings. The maximum atomic E-state index is 14.0. The lowest BCUT2D eigenvalue weighted by Crippen LogP contribution is -2.36. The largest absolute Gasteiger partial charge is 0.493 e. The number of fused-ring (bicyclic) bond motifs is 1. The molecule has 1 aromatic heterocycles. The summed E-state index contributed by atoms with van der Waals surface area (Å²) in [6.07, 6.45) is -3.80. The number of carbonyl (C=O) groups excluding carboxylic acids is 1. The van der Waals surface area contributed by atoms with Crippen LogP contribution in [-0.4, -0.2) is 50.3 Å². The van der Waals surface area contributed by atoms with Gasteiger partial charge in [0, 0.05) is 18.2 Å². The lowest BCUT2D eigenvalue weighted by Gasteiger charge is -2.34. The first-order valence-corrected chi connectivity index (χ1v) is 10.9. The van der Waals surface area contributed by atoms with Gasteiger partial charge < -0.3 is 29.6 Å². The predicted octanol–water partition coefficient (Wildman–Crippen LogP) is 4.83. The summed E-state index contributed by atoms with van der Waals surface area (Å²) in [5, 5.41) is 9.64. The van der Waals surface area contributed by atoms with Gasteiger partial charge in [0.25, 0.3) is 5.91 Å². The lowest BCUT2D eigenvalue weighted by molar-refractivity contribution is -0.173. The molecule has 36 heavy (non-hydrogen) atoms. The van der Waals surface area contributed by atoms with Crippen LogP contribution >= 0.6 is 0 Å². The van der Waals surface area contributed by atoms with E-state index in [1.165, 1.54) is 28.4 Å². The second kappa shape index (κ2) is 9.88. The van der Waals surface area contributed by atoms with Crippen molar-refractivity contribution in [3.63, 3.8) is 0 Å². The van der Waals surface area contributed by atoms with Crippen LogP contribution in [0.2, 0.25) is 0 Å². The summed E-state index contributed by atoms with van der Waals surface area (Å²) in [4.78, 5) is 13.1. The summed E-state index contributed by atoms with van der Waals surface area (Å²) in [5.74, 6) is 1.00. The molecule has 0 saturated carbocycles. The van der Waals surface area contributed by atoms with E-state index in [9.17, 15) is 18.0 Å². The monoisotopic (exact) mass is 506 g/mol. The number of halogens is 3. The fraction of sp³-hybridized carbons (Fsp3) is 0.333. The molecule has 0 unspecified atom stereocenters. The Morgan fingerprint density at radius 2 is 1.58 bits per heavy atom. The zero-order chi connectivity index (χ0) is 26.0. The predicted molar refractivity (Wildman–Crippen MR) is 125 cm³/mol. The number of ether oxygens (including phenoxy) is 4. The molecule has 0 radical (unpaired) electrons. The first kappa shape index (κ1) is 25.0. The molecular weight excluding hydrogens is 481 g/mol. The zero-order valence-corrected chi connectivity index (χ0v) is 20.0. The van der Waals surface area contributed by atoms with Crippen molar-refractivity contribution in [3.8, 4) is 23.0 Å². The van der Waals surface area contributed by atoms with Crippen molar-refractivity contribution in [1.82, 2.24) is 9.78 Å². The second-order valence-electron chi connectivity index (χ2n) is 7.98. The molecule has 192 valence electrons. The molecule has 1 amide bonds. The Morgan fingerprint density at radius 1 is 0.972 bits per heavy atom. The average Bonchev–Trinajstić information content (AvgIpc) is 3.31. The number of alkyl halides is 3. The highest BCUT2D eigenvalue weighted by Crippen LogP contribution is 2.45. The van der Waals surface area contributed by atoms with Crippen molar-refractivity contribution in [2.75, 3.05) is 39.1 Å². The quantitative estimate of drug-likeness (QED) is 0.474. The van der Waals surface area contributed by atoms with E-state index in [4.69, 9.17) is 18.9 Å². The summed E-state index contributed by atoms with van der Waals surface area (Å²) >= 11 is 0. The number of nitrogens with zero attached hydrogens (tertiary/aromatic N) is 2. The molecule has 2 aromatic carbocycles. The number of carbonyl (C=O) groups is 1. The van der Waals surface area contributed by atoms with Gasteiger partial charge >= 0.3 is 6.18 Å². The summed E-state index contributed by atoms with van der Waals surface area (Å²) in [7, 11) is 5.85. The van der Waals surface area contributed by atoms with Crippen LogP contribution in [0.4, 0.5) is 24.7 Å². The van der Waals surface area contributed by atoms with Crippen molar-refractivity contribution < 1.29 is 36.9 Å². The average molecular weight is 506 g/mol. The normalized spacial score (nSPS) is 17.0. The van der Waals surface area contributed by atoms with Crippen molar-refractivity contribution >= 4 is 17.4 Å². The third kappa shape index (κ3) is 4.70. The van der Waals surface area contributed by atoms with Crippen LogP contribution in [0.3, 0.4) is 0 Å². The third-order valence-electron chi connectivity index (χ3n) is 5.93. The highest BCUT2D eigenvalue weighted by Gasteiger charge is 2.47. The number of hydrogen-bond donors (Lipinski definition) is 2. The minimum absolute atomic E-state index is 0.0378. The summed E-state index contributed by atoms with van der Waals surface area (Å²) in [6.45, 7) is 0. The number of methoxy groups -OCH3 is 4. The van der Waals surface area contributed by atoms with Gasteiger partial charge in [0.15, 0.2) is 29.0 Å². The lowest BCUT2D eigenvalue weighted by atomic mass is 9.96.